The number of hydrogen-bond acceptors (Lipinski definition) is 7. The molecule has 0 bridgehead atoms. The van der Waals surface area contributed by atoms with Gasteiger partial charge in [0.1, 0.15) is 11.4 Å². The molecule has 98 valence electrons. The van der Waals surface area contributed by atoms with Gasteiger partial charge in [0, 0.05) is 24.3 Å². The van der Waals surface area contributed by atoms with Crippen LogP contribution in [-0.4, -0.2) is 25.6 Å². The largest absolute Gasteiger partial charge is 0.504 e. The van der Waals surface area contributed by atoms with E-state index in [2.05, 4.69) is 0 Å². The molecule has 0 amide bonds. The molecule has 5 N–H and O–H groups in total. The standard InChI is InChI=1S/C12H9NO6/c14-7-1-5-11(3-9(7)16)19-12-4-10(17)8(15)2-6(12)13(5)18/h1-4,14-18H. The van der Waals surface area contributed by atoms with Crippen LogP contribution in [0.1, 0.15) is 0 Å². The van der Waals surface area contributed by atoms with Crippen LogP contribution in [0.2, 0.25) is 0 Å². The quantitative estimate of drug-likeness (QED) is 0.463. The van der Waals surface area contributed by atoms with Crippen molar-refractivity contribution >= 4 is 11.4 Å². The maximum Gasteiger partial charge on any atom is 0.161 e. The van der Waals surface area contributed by atoms with E-state index >= 15 is 0 Å². The predicted molar refractivity (Wildman–Crippen MR) is 63.5 cm³/mol. The Morgan fingerprint density at radius 2 is 1.05 bits per heavy atom. The fraction of sp³-hybridized carbons (Fsp3) is 0. The highest BCUT2D eigenvalue weighted by Gasteiger charge is 2.26. The molecule has 7 heteroatoms. The Balaban J connectivity index is 2.20. The number of aromatic hydroxyl groups is 4. The zero-order chi connectivity index (χ0) is 13.7. The first-order valence-corrected chi connectivity index (χ1v) is 5.26. The molecular formula is C12H9NO6. The van der Waals surface area contributed by atoms with Crippen LogP contribution in [0.25, 0.3) is 0 Å². The first-order valence-electron chi connectivity index (χ1n) is 5.26. The Labute approximate surface area is 106 Å². The summed E-state index contributed by atoms with van der Waals surface area (Å²) in [6, 6.07) is 4.47. The molecule has 0 aromatic heterocycles. The summed E-state index contributed by atoms with van der Waals surface area (Å²) < 4.78 is 5.38. The third-order valence-electron chi connectivity index (χ3n) is 2.79. The predicted octanol–water partition coefficient (Wildman–Crippen LogP) is 2.14. The summed E-state index contributed by atoms with van der Waals surface area (Å²) in [6.45, 7) is 0. The molecular weight excluding hydrogens is 254 g/mol. The van der Waals surface area contributed by atoms with Crippen LogP contribution in [0.3, 0.4) is 0 Å². The maximum atomic E-state index is 10.0. The third kappa shape index (κ3) is 1.56. The summed E-state index contributed by atoms with van der Waals surface area (Å²) in [4.78, 5) is 0. The minimum atomic E-state index is -0.423. The van der Waals surface area contributed by atoms with Crippen molar-refractivity contribution in [3.05, 3.63) is 24.3 Å². The Hall–Kier alpha value is -2.80. The van der Waals surface area contributed by atoms with Gasteiger partial charge < -0.3 is 25.2 Å². The molecule has 2 aromatic rings. The van der Waals surface area contributed by atoms with Gasteiger partial charge in [-0.2, -0.15) is 0 Å². The molecule has 0 atom stereocenters. The van der Waals surface area contributed by atoms with E-state index in [-0.39, 0.29) is 22.9 Å². The number of rotatable bonds is 0. The van der Waals surface area contributed by atoms with Gasteiger partial charge in [0.2, 0.25) is 0 Å². The monoisotopic (exact) mass is 263 g/mol. The second kappa shape index (κ2) is 3.59. The van der Waals surface area contributed by atoms with Gasteiger partial charge in [0.25, 0.3) is 0 Å². The van der Waals surface area contributed by atoms with E-state index in [9.17, 15) is 25.6 Å². The molecule has 0 unspecified atom stereocenters. The van der Waals surface area contributed by atoms with Crippen LogP contribution >= 0.6 is 0 Å². The number of hydrogen-bond donors (Lipinski definition) is 5. The van der Waals surface area contributed by atoms with Crippen molar-refractivity contribution in [1.29, 1.82) is 0 Å². The summed E-state index contributed by atoms with van der Waals surface area (Å²) in [5, 5.41) is 48.3. The minimum Gasteiger partial charge on any atom is -0.504 e. The summed E-state index contributed by atoms with van der Waals surface area (Å²) in [7, 11) is 0. The highest BCUT2D eigenvalue weighted by molar-refractivity contribution is 5.79. The van der Waals surface area contributed by atoms with Crippen LogP contribution in [0.4, 0.5) is 11.4 Å². The van der Waals surface area contributed by atoms with Crippen LogP contribution in [0.5, 0.6) is 34.5 Å². The van der Waals surface area contributed by atoms with E-state index in [0.29, 0.717) is 5.06 Å². The van der Waals surface area contributed by atoms with Gasteiger partial charge in [-0.25, -0.2) is 5.06 Å². The van der Waals surface area contributed by atoms with Crippen molar-refractivity contribution in [3.63, 3.8) is 0 Å². The topological polar surface area (TPSA) is 114 Å². The fourth-order valence-electron chi connectivity index (χ4n) is 1.84. The highest BCUT2D eigenvalue weighted by Crippen LogP contribution is 2.51. The van der Waals surface area contributed by atoms with Crippen molar-refractivity contribution in [2.24, 2.45) is 0 Å². The van der Waals surface area contributed by atoms with Crippen molar-refractivity contribution in [1.82, 2.24) is 0 Å². The third-order valence-corrected chi connectivity index (χ3v) is 2.79. The molecule has 0 aliphatic carbocycles. The van der Waals surface area contributed by atoms with Crippen LogP contribution < -0.4 is 9.80 Å². The van der Waals surface area contributed by atoms with Crippen LogP contribution in [0, 0.1) is 0 Å². The summed E-state index contributed by atoms with van der Waals surface area (Å²) >= 11 is 0. The Kier molecular flexibility index (Phi) is 2.14. The molecule has 1 heterocycles. The normalized spacial score (nSPS) is 12.6. The molecule has 2 aromatic carbocycles. The molecule has 0 fully saturated rings. The molecule has 1 aliphatic heterocycles. The lowest BCUT2D eigenvalue weighted by molar-refractivity contribution is 0.282. The number of phenols is 4. The van der Waals surface area contributed by atoms with E-state index in [1.807, 2.05) is 0 Å². The SMILES string of the molecule is Oc1cc2c(cc1O)N(O)c1cc(O)c(O)cc1O2. The van der Waals surface area contributed by atoms with Crippen LogP contribution in [-0.2, 0) is 0 Å². The lowest BCUT2D eigenvalue weighted by Crippen LogP contribution is -2.16. The van der Waals surface area contributed by atoms with Gasteiger partial charge in [-0.05, 0) is 0 Å². The van der Waals surface area contributed by atoms with Crippen LogP contribution in [0.15, 0.2) is 24.3 Å². The fourth-order valence-corrected chi connectivity index (χ4v) is 1.84. The average Bonchev–Trinajstić information content (AvgIpc) is 2.35. The van der Waals surface area contributed by atoms with Crippen molar-refractivity contribution in [2.45, 2.75) is 0 Å². The van der Waals surface area contributed by atoms with Crippen molar-refractivity contribution in [2.75, 3.05) is 5.06 Å². The van der Waals surface area contributed by atoms with Crippen molar-refractivity contribution < 1.29 is 30.4 Å². The summed E-state index contributed by atoms with van der Waals surface area (Å²) in [5.41, 5.74) is 0.181. The summed E-state index contributed by atoms with van der Waals surface area (Å²) in [5.74, 6) is -1.47. The number of ether oxygens (including phenoxy) is 1. The Morgan fingerprint density at radius 1 is 0.684 bits per heavy atom. The zero-order valence-corrected chi connectivity index (χ0v) is 9.40. The van der Waals surface area contributed by atoms with E-state index in [1.54, 1.807) is 0 Å². The summed E-state index contributed by atoms with van der Waals surface area (Å²) in [6.07, 6.45) is 0. The van der Waals surface area contributed by atoms with Gasteiger partial charge in [0.15, 0.2) is 34.5 Å². The number of phenolic OH excluding ortho intramolecular Hbond substituents is 4. The molecule has 3 rings (SSSR count). The Morgan fingerprint density at radius 3 is 1.47 bits per heavy atom. The highest BCUT2D eigenvalue weighted by atomic mass is 16.5. The Bertz CT molecular complexity index is 627. The second-order valence-electron chi connectivity index (χ2n) is 4.03. The molecule has 1 aliphatic rings. The van der Waals surface area contributed by atoms with E-state index in [4.69, 9.17) is 4.74 Å². The molecule has 19 heavy (non-hydrogen) atoms. The minimum absolute atomic E-state index is 0.0906. The van der Waals surface area contributed by atoms with E-state index in [0.717, 1.165) is 24.3 Å². The van der Waals surface area contributed by atoms with E-state index in [1.165, 1.54) is 0 Å². The van der Waals surface area contributed by atoms with Gasteiger partial charge >= 0.3 is 0 Å². The lowest BCUT2D eigenvalue weighted by Gasteiger charge is -2.28. The second-order valence-corrected chi connectivity index (χ2v) is 4.03. The molecule has 7 nitrogen and oxygen atoms in total. The molecule has 0 spiro atoms. The van der Waals surface area contributed by atoms with Gasteiger partial charge in [0.05, 0.1) is 0 Å². The van der Waals surface area contributed by atoms with Gasteiger partial charge in [-0.15, -0.1) is 0 Å². The zero-order valence-electron chi connectivity index (χ0n) is 9.40. The first-order chi connectivity index (χ1) is 8.97. The first kappa shape index (κ1) is 11.3. The average molecular weight is 263 g/mol. The smallest absolute Gasteiger partial charge is 0.161 e. The number of anilines is 2. The number of benzene rings is 2. The van der Waals surface area contributed by atoms with E-state index < -0.39 is 23.0 Å². The maximum absolute atomic E-state index is 10.0. The molecule has 0 radical (unpaired) electrons. The number of nitrogens with zero attached hydrogens (tertiary/aromatic N) is 1. The van der Waals surface area contributed by atoms with Gasteiger partial charge in [-0.3, -0.25) is 5.21 Å². The lowest BCUT2D eigenvalue weighted by atomic mass is 10.1. The van der Waals surface area contributed by atoms with Gasteiger partial charge in [-0.1, -0.05) is 0 Å². The number of fused-ring (bicyclic) bond motifs is 2. The molecule has 0 saturated heterocycles. The molecule has 0 saturated carbocycles. The van der Waals surface area contributed by atoms with Crippen molar-refractivity contribution in [3.8, 4) is 34.5 Å².